The van der Waals surface area contributed by atoms with E-state index in [1.54, 1.807) is 11.3 Å². The minimum atomic E-state index is -0.825. The number of carbonyl (C=O) groups is 1. The molecule has 1 amide bonds. The molecule has 1 fully saturated rings. The molecule has 1 aromatic heterocycles. The standard InChI is InChI=1S/C13H14N2O2S/c16-13(17)15-6-4-10(8-15)14-11-3-1-2-9-5-7-18-12(9)11/h1-3,5,7,10,14H,4,6,8H2,(H,16,17)/t10-/m0/s1. The number of fused-ring (bicyclic) bond motifs is 1. The number of nitrogens with zero attached hydrogens (tertiary/aromatic N) is 1. The van der Waals surface area contributed by atoms with Gasteiger partial charge in [-0.2, -0.15) is 0 Å². The van der Waals surface area contributed by atoms with Gasteiger partial charge in [0, 0.05) is 19.1 Å². The first-order valence-corrected chi connectivity index (χ1v) is 6.82. The summed E-state index contributed by atoms with van der Waals surface area (Å²) in [5, 5.41) is 15.7. The zero-order valence-corrected chi connectivity index (χ0v) is 10.6. The highest BCUT2D eigenvalue weighted by molar-refractivity contribution is 7.17. The summed E-state index contributed by atoms with van der Waals surface area (Å²) in [4.78, 5) is 12.3. The van der Waals surface area contributed by atoms with Crippen LogP contribution < -0.4 is 5.32 Å². The van der Waals surface area contributed by atoms with Crippen molar-refractivity contribution >= 4 is 33.2 Å². The second-order valence-corrected chi connectivity index (χ2v) is 5.42. The van der Waals surface area contributed by atoms with E-state index in [1.807, 2.05) is 6.07 Å². The first-order chi connectivity index (χ1) is 8.74. The van der Waals surface area contributed by atoms with Crippen molar-refractivity contribution in [3.05, 3.63) is 29.6 Å². The van der Waals surface area contributed by atoms with E-state index in [9.17, 15) is 4.79 Å². The van der Waals surface area contributed by atoms with Crippen LogP contribution in [0.1, 0.15) is 6.42 Å². The summed E-state index contributed by atoms with van der Waals surface area (Å²) >= 11 is 1.71. The zero-order valence-electron chi connectivity index (χ0n) is 9.80. The van der Waals surface area contributed by atoms with Crippen LogP contribution in [0, 0.1) is 0 Å². The number of anilines is 1. The molecule has 0 bridgehead atoms. The van der Waals surface area contributed by atoms with E-state index in [-0.39, 0.29) is 6.04 Å². The number of amides is 1. The highest BCUT2D eigenvalue weighted by atomic mass is 32.1. The van der Waals surface area contributed by atoms with Crippen molar-refractivity contribution < 1.29 is 9.90 Å². The van der Waals surface area contributed by atoms with E-state index in [4.69, 9.17) is 5.11 Å². The maximum Gasteiger partial charge on any atom is 0.407 e. The molecule has 0 aliphatic carbocycles. The lowest BCUT2D eigenvalue weighted by Crippen LogP contribution is -2.30. The molecule has 3 rings (SSSR count). The number of hydrogen-bond donors (Lipinski definition) is 2. The van der Waals surface area contributed by atoms with Crippen LogP contribution in [0.3, 0.4) is 0 Å². The molecule has 2 N–H and O–H groups in total. The first kappa shape index (κ1) is 11.3. The van der Waals surface area contributed by atoms with Crippen LogP contribution in [0.15, 0.2) is 29.6 Å². The molecule has 18 heavy (non-hydrogen) atoms. The number of thiophene rings is 1. The van der Waals surface area contributed by atoms with E-state index >= 15 is 0 Å². The number of rotatable bonds is 2. The average Bonchev–Trinajstić information content (AvgIpc) is 2.97. The Kier molecular flexibility index (Phi) is 2.83. The lowest BCUT2D eigenvalue weighted by atomic mass is 10.2. The summed E-state index contributed by atoms with van der Waals surface area (Å²) in [6.07, 6.45) is 0.0438. The Morgan fingerprint density at radius 1 is 1.44 bits per heavy atom. The van der Waals surface area contributed by atoms with Gasteiger partial charge in [0.2, 0.25) is 0 Å². The van der Waals surface area contributed by atoms with Crippen molar-refractivity contribution in [3.8, 4) is 0 Å². The Morgan fingerprint density at radius 3 is 3.11 bits per heavy atom. The van der Waals surface area contributed by atoms with Crippen LogP contribution in [0.4, 0.5) is 10.5 Å². The van der Waals surface area contributed by atoms with Gasteiger partial charge >= 0.3 is 6.09 Å². The van der Waals surface area contributed by atoms with Gasteiger partial charge in [0.05, 0.1) is 10.4 Å². The molecule has 2 aromatic rings. The van der Waals surface area contributed by atoms with Gasteiger partial charge in [-0.1, -0.05) is 12.1 Å². The molecular weight excluding hydrogens is 248 g/mol. The number of carboxylic acid groups (broad SMARTS) is 1. The van der Waals surface area contributed by atoms with Crippen molar-refractivity contribution in [2.45, 2.75) is 12.5 Å². The van der Waals surface area contributed by atoms with E-state index in [1.165, 1.54) is 15.0 Å². The molecule has 0 saturated carbocycles. The fraction of sp³-hybridized carbons (Fsp3) is 0.308. The zero-order chi connectivity index (χ0) is 12.5. The smallest absolute Gasteiger partial charge is 0.407 e. The van der Waals surface area contributed by atoms with E-state index in [0.29, 0.717) is 13.1 Å². The Balaban J connectivity index is 1.77. The maximum absolute atomic E-state index is 10.9. The van der Waals surface area contributed by atoms with Gasteiger partial charge in [-0.05, 0) is 29.3 Å². The van der Waals surface area contributed by atoms with Gasteiger partial charge in [0.1, 0.15) is 0 Å². The molecule has 1 aliphatic rings. The Hall–Kier alpha value is -1.75. The van der Waals surface area contributed by atoms with Crippen LogP contribution in [-0.2, 0) is 0 Å². The lowest BCUT2D eigenvalue weighted by molar-refractivity contribution is 0.155. The third-order valence-corrected chi connectivity index (χ3v) is 4.26. The molecule has 4 nitrogen and oxygen atoms in total. The Labute approximate surface area is 109 Å². The summed E-state index contributed by atoms with van der Waals surface area (Å²) in [6.45, 7) is 1.19. The minimum Gasteiger partial charge on any atom is -0.465 e. The second-order valence-electron chi connectivity index (χ2n) is 4.50. The van der Waals surface area contributed by atoms with Crippen molar-refractivity contribution in [2.75, 3.05) is 18.4 Å². The SMILES string of the molecule is O=C(O)N1CC[C@H](Nc2cccc3ccsc23)C1. The molecule has 1 saturated heterocycles. The molecule has 0 radical (unpaired) electrons. The van der Waals surface area contributed by atoms with Crippen LogP contribution >= 0.6 is 11.3 Å². The van der Waals surface area contributed by atoms with Crippen molar-refractivity contribution in [1.82, 2.24) is 4.90 Å². The highest BCUT2D eigenvalue weighted by Gasteiger charge is 2.25. The molecule has 94 valence electrons. The van der Waals surface area contributed by atoms with Gasteiger partial charge in [-0.25, -0.2) is 4.79 Å². The normalized spacial score (nSPS) is 19.3. The molecule has 1 atom stereocenters. The van der Waals surface area contributed by atoms with Crippen molar-refractivity contribution in [1.29, 1.82) is 0 Å². The molecule has 1 aromatic carbocycles. The highest BCUT2D eigenvalue weighted by Crippen LogP contribution is 2.29. The van der Waals surface area contributed by atoms with E-state index in [0.717, 1.165) is 12.1 Å². The van der Waals surface area contributed by atoms with E-state index in [2.05, 4.69) is 28.9 Å². The molecule has 5 heteroatoms. The van der Waals surface area contributed by atoms with Crippen LogP contribution in [0.2, 0.25) is 0 Å². The van der Waals surface area contributed by atoms with Crippen LogP contribution in [-0.4, -0.2) is 35.2 Å². The number of hydrogen-bond acceptors (Lipinski definition) is 3. The van der Waals surface area contributed by atoms with Crippen LogP contribution in [0.25, 0.3) is 10.1 Å². The molecule has 0 unspecified atom stereocenters. The Morgan fingerprint density at radius 2 is 2.33 bits per heavy atom. The summed E-state index contributed by atoms with van der Waals surface area (Å²) in [5.74, 6) is 0. The maximum atomic E-state index is 10.9. The van der Waals surface area contributed by atoms with Crippen molar-refractivity contribution in [3.63, 3.8) is 0 Å². The summed E-state index contributed by atoms with van der Waals surface area (Å²) in [6, 6.07) is 8.50. The average molecular weight is 262 g/mol. The van der Waals surface area contributed by atoms with Gasteiger partial charge in [0.25, 0.3) is 0 Å². The molecule has 2 heterocycles. The topological polar surface area (TPSA) is 52.6 Å². The molecule has 0 spiro atoms. The quantitative estimate of drug-likeness (QED) is 0.874. The number of nitrogens with one attached hydrogen (secondary N) is 1. The van der Waals surface area contributed by atoms with Gasteiger partial charge in [-0.3, -0.25) is 0 Å². The number of benzene rings is 1. The summed E-state index contributed by atoms with van der Waals surface area (Å²) in [5.41, 5.74) is 1.11. The predicted octanol–water partition coefficient (Wildman–Crippen LogP) is 3.07. The first-order valence-electron chi connectivity index (χ1n) is 5.94. The largest absolute Gasteiger partial charge is 0.465 e. The van der Waals surface area contributed by atoms with E-state index < -0.39 is 6.09 Å². The minimum absolute atomic E-state index is 0.216. The third-order valence-electron chi connectivity index (χ3n) is 3.30. The van der Waals surface area contributed by atoms with Crippen LogP contribution in [0.5, 0.6) is 0 Å². The summed E-state index contributed by atoms with van der Waals surface area (Å²) < 4.78 is 1.24. The molecular formula is C13H14N2O2S. The predicted molar refractivity (Wildman–Crippen MR) is 73.5 cm³/mol. The lowest BCUT2D eigenvalue weighted by Gasteiger charge is -2.15. The second kappa shape index (κ2) is 4.49. The summed E-state index contributed by atoms with van der Waals surface area (Å²) in [7, 11) is 0. The fourth-order valence-electron chi connectivity index (χ4n) is 2.38. The number of likely N-dealkylation sites (tertiary alicyclic amines) is 1. The molecule has 1 aliphatic heterocycles. The fourth-order valence-corrected chi connectivity index (χ4v) is 3.26. The van der Waals surface area contributed by atoms with Crippen molar-refractivity contribution in [2.24, 2.45) is 0 Å². The van der Waals surface area contributed by atoms with Gasteiger partial charge in [-0.15, -0.1) is 11.3 Å². The van der Waals surface area contributed by atoms with Gasteiger partial charge in [0.15, 0.2) is 0 Å². The Bertz CT molecular complexity index is 581. The van der Waals surface area contributed by atoms with Gasteiger partial charge < -0.3 is 15.3 Å². The third kappa shape index (κ3) is 2.01. The monoisotopic (exact) mass is 262 g/mol.